The van der Waals surface area contributed by atoms with E-state index in [0.29, 0.717) is 23.1 Å². The molecule has 1 saturated heterocycles. The number of para-hydroxylation sites is 2. The van der Waals surface area contributed by atoms with Crippen molar-refractivity contribution in [3.63, 3.8) is 0 Å². The van der Waals surface area contributed by atoms with Crippen molar-refractivity contribution in [2.45, 2.75) is 44.5 Å². The highest BCUT2D eigenvalue weighted by atomic mass is 32.2. The Kier molecular flexibility index (Phi) is 5.60. The number of hydrogen-bond acceptors (Lipinski definition) is 5. The maximum atomic E-state index is 12.7. The van der Waals surface area contributed by atoms with E-state index in [2.05, 4.69) is 21.4 Å². The van der Waals surface area contributed by atoms with Crippen molar-refractivity contribution in [2.24, 2.45) is 0 Å². The van der Waals surface area contributed by atoms with Crippen molar-refractivity contribution >= 4 is 34.5 Å². The summed E-state index contributed by atoms with van der Waals surface area (Å²) in [5, 5.41) is 13.3. The predicted molar refractivity (Wildman–Crippen MR) is 113 cm³/mol. The average molecular weight is 410 g/mol. The van der Waals surface area contributed by atoms with E-state index in [4.69, 9.17) is 4.74 Å². The van der Waals surface area contributed by atoms with Crippen molar-refractivity contribution in [2.75, 3.05) is 17.7 Å². The highest BCUT2D eigenvalue weighted by Gasteiger charge is 2.24. The van der Waals surface area contributed by atoms with Crippen LogP contribution in [0.15, 0.2) is 29.4 Å². The van der Waals surface area contributed by atoms with E-state index in [9.17, 15) is 10.1 Å². The van der Waals surface area contributed by atoms with Crippen molar-refractivity contribution in [3.05, 3.63) is 41.1 Å². The van der Waals surface area contributed by atoms with E-state index in [1.807, 2.05) is 42.7 Å². The molecule has 0 bridgehead atoms. The Morgan fingerprint density at radius 3 is 3.00 bits per heavy atom. The summed E-state index contributed by atoms with van der Waals surface area (Å²) >= 11 is 1.34. The summed E-state index contributed by atoms with van der Waals surface area (Å²) in [5.41, 5.74) is 4.21. The number of anilines is 1. The quantitative estimate of drug-likeness (QED) is 0.604. The number of fused-ring (bicyclic) bond motifs is 1. The molecule has 1 amide bonds. The van der Waals surface area contributed by atoms with Gasteiger partial charge in [-0.05, 0) is 44.4 Å². The summed E-state index contributed by atoms with van der Waals surface area (Å²) in [5.74, 6) is 0.597. The van der Waals surface area contributed by atoms with Gasteiger partial charge >= 0.3 is 0 Å². The second-order valence-electron chi connectivity index (χ2n) is 7.19. The van der Waals surface area contributed by atoms with Gasteiger partial charge < -0.3 is 19.6 Å². The first-order chi connectivity index (χ1) is 14.1. The lowest BCUT2D eigenvalue weighted by atomic mass is 10.2. The van der Waals surface area contributed by atoms with E-state index < -0.39 is 0 Å². The Morgan fingerprint density at radius 1 is 1.45 bits per heavy atom. The predicted octanol–water partition coefficient (Wildman–Crippen LogP) is 3.76. The SMILES string of the molecule is Cc1c(C#N)c(NC(=O)CSc2nc3ccccc3[nH]2)n(C[C@H]2CCCO2)c1C. The van der Waals surface area contributed by atoms with Gasteiger partial charge in [-0.2, -0.15) is 5.26 Å². The monoisotopic (exact) mass is 409 g/mol. The number of rotatable bonds is 6. The number of imidazole rings is 1. The first-order valence-electron chi connectivity index (χ1n) is 9.65. The zero-order chi connectivity index (χ0) is 20.4. The summed E-state index contributed by atoms with van der Waals surface area (Å²) in [6.45, 7) is 5.30. The molecular formula is C21H23N5O2S. The van der Waals surface area contributed by atoms with Crippen molar-refractivity contribution < 1.29 is 9.53 Å². The van der Waals surface area contributed by atoms with Gasteiger partial charge in [0.15, 0.2) is 5.16 Å². The van der Waals surface area contributed by atoms with Crippen LogP contribution < -0.4 is 5.32 Å². The Balaban J connectivity index is 1.49. The van der Waals surface area contributed by atoms with Gasteiger partial charge in [-0.25, -0.2) is 4.98 Å². The second-order valence-corrected chi connectivity index (χ2v) is 8.15. The molecule has 1 aromatic carbocycles. The van der Waals surface area contributed by atoms with Crippen LogP contribution in [0.5, 0.6) is 0 Å². The molecule has 1 aliphatic heterocycles. The fourth-order valence-electron chi connectivity index (χ4n) is 3.65. The molecular weight excluding hydrogens is 386 g/mol. The van der Waals surface area contributed by atoms with E-state index >= 15 is 0 Å². The summed E-state index contributed by atoms with van der Waals surface area (Å²) in [6.07, 6.45) is 2.16. The third-order valence-corrected chi connectivity index (χ3v) is 6.19. The number of amides is 1. The Morgan fingerprint density at radius 2 is 2.28 bits per heavy atom. The maximum absolute atomic E-state index is 12.7. The standard InChI is InChI=1S/C21H23N5O2S/c1-13-14(2)26(11-15-6-5-9-28-15)20(16(13)10-22)25-19(27)12-29-21-23-17-7-3-4-8-18(17)24-21/h3-4,7-8,15H,5-6,9,11-12H2,1-2H3,(H,23,24)(H,25,27)/t15-/m1/s1. The summed E-state index contributed by atoms with van der Waals surface area (Å²) in [6, 6.07) is 10.0. The number of aromatic amines is 1. The van der Waals surface area contributed by atoms with Crippen LogP contribution in [0.3, 0.4) is 0 Å². The van der Waals surface area contributed by atoms with Crippen molar-refractivity contribution in [3.8, 4) is 6.07 Å². The molecule has 3 heterocycles. The molecule has 29 heavy (non-hydrogen) atoms. The minimum atomic E-state index is -0.168. The van der Waals surface area contributed by atoms with Crippen LogP contribution in [0.25, 0.3) is 11.0 Å². The first-order valence-corrected chi connectivity index (χ1v) is 10.6. The zero-order valence-corrected chi connectivity index (χ0v) is 17.3. The lowest BCUT2D eigenvalue weighted by Crippen LogP contribution is -2.22. The minimum absolute atomic E-state index is 0.118. The second kappa shape index (κ2) is 8.31. The molecule has 1 atom stereocenters. The van der Waals surface area contributed by atoms with Gasteiger partial charge in [0, 0.05) is 12.3 Å². The van der Waals surface area contributed by atoms with Gasteiger partial charge in [-0.15, -0.1) is 0 Å². The molecule has 0 aliphatic carbocycles. The number of thioether (sulfide) groups is 1. The van der Waals surface area contributed by atoms with Crippen LogP contribution >= 0.6 is 11.8 Å². The van der Waals surface area contributed by atoms with E-state index in [0.717, 1.165) is 41.7 Å². The van der Waals surface area contributed by atoms with Gasteiger partial charge in [-0.1, -0.05) is 23.9 Å². The van der Waals surface area contributed by atoms with E-state index in [-0.39, 0.29) is 17.8 Å². The Hall–Kier alpha value is -2.76. The third-order valence-electron chi connectivity index (χ3n) is 5.32. The zero-order valence-electron chi connectivity index (χ0n) is 16.5. The number of benzene rings is 1. The number of H-pyrrole nitrogens is 1. The topological polar surface area (TPSA) is 95.7 Å². The Labute approximate surface area is 173 Å². The molecule has 2 aromatic heterocycles. The molecule has 0 unspecified atom stereocenters. The van der Waals surface area contributed by atoms with Crippen molar-refractivity contribution in [1.82, 2.24) is 14.5 Å². The molecule has 3 aromatic rings. The maximum Gasteiger partial charge on any atom is 0.235 e. The molecule has 0 spiro atoms. The van der Waals surface area contributed by atoms with Gasteiger partial charge in [0.05, 0.1) is 35.0 Å². The number of nitrogens with zero attached hydrogens (tertiary/aromatic N) is 3. The molecule has 0 radical (unpaired) electrons. The van der Waals surface area contributed by atoms with E-state index in [1.165, 1.54) is 11.8 Å². The molecule has 1 fully saturated rings. The van der Waals surface area contributed by atoms with Crippen LogP contribution in [-0.2, 0) is 16.1 Å². The largest absolute Gasteiger partial charge is 0.376 e. The molecule has 0 saturated carbocycles. The summed E-state index contributed by atoms with van der Waals surface area (Å²) < 4.78 is 7.76. The van der Waals surface area contributed by atoms with E-state index in [1.54, 1.807) is 0 Å². The highest BCUT2D eigenvalue weighted by molar-refractivity contribution is 7.99. The van der Waals surface area contributed by atoms with Gasteiger partial charge in [0.2, 0.25) is 5.91 Å². The number of carbonyl (C=O) groups excluding carboxylic acids is 1. The summed E-state index contributed by atoms with van der Waals surface area (Å²) in [4.78, 5) is 20.3. The number of ether oxygens (including phenoxy) is 1. The fourth-order valence-corrected chi connectivity index (χ4v) is 4.34. The number of nitrogens with one attached hydrogen (secondary N) is 2. The minimum Gasteiger partial charge on any atom is -0.376 e. The van der Waals surface area contributed by atoms with Gasteiger partial charge in [-0.3, -0.25) is 4.79 Å². The smallest absolute Gasteiger partial charge is 0.235 e. The normalized spacial score (nSPS) is 16.2. The third kappa shape index (κ3) is 4.02. The number of carbonyl (C=O) groups is 1. The number of hydrogen-bond donors (Lipinski definition) is 2. The van der Waals surface area contributed by atoms with Crippen molar-refractivity contribution in [1.29, 1.82) is 5.26 Å². The molecule has 4 rings (SSSR count). The lowest BCUT2D eigenvalue weighted by Gasteiger charge is -2.16. The molecule has 150 valence electrons. The molecule has 7 nitrogen and oxygen atoms in total. The molecule has 1 aliphatic rings. The Bertz CT molecular complexity index is 1060. The van der Waals surface area contributed by atoms with Gasteiger partial charge in [0.25, 0.3) is 0 Å². The summed E-state index contributed by atoms with van der Waals surface area (Å²) in [7, 11) is 0. The van der Waals surface area contributed by atoms with Crippen LogP contribution in [0, 0.1) is 25.2 Å². The van der Waals surface area contributed by atoms with Crippen LogP contribution in [0.4, 0.5) is 5.82 Å². The van der Waals surface area contributed by atoms with Gasteiger partial charge in [0.1, 0.15) is 11.9 Å². The molecule has 8 heteroatoms. The number of aromatic nitrogens is 3. The van der Waals surface area contributed by atoms with Crippen LogP contribution in [0.1, 0.15) is 29.7 Å². The lowest BCUT2D eigenvalue weighted by molar-refractivity contribution is -0.113. The average Bonchev–Trinajstić information content (AvgIpc) is 3.42. The molecule has 2 N–H and O–H groups in total. The van der Waals surface area contributed by atoms with Crippen LogP contribution in [0.2, 0.25) is 0 Å². The number of nitriles is 1. The highest BCUT2D eigenvalue weighted by Crippen LogP contribution is 2.29. The van der Waals surface area contributed by atoms with Crippen LogP contribution in [-0.4, -0.2) is 38.9 Å². The fraction of sp³-hybridized carbons (Fsp3) is 0.381. The first kappa shape index (κ1) is 19.6.